The molecule has 0 saturated heterocycles. The van der Waals surface area contributed by atoms with Crippen LogP contribution in [0.2, 0.25) is 0 Å². The summed E-state index contributed by atoms with van der Waals surface area (Å²) in [4.78, 5) is 39.7. The van der Waals surface area contributed by atoms with Crippen LogP contribution < -0.4 is 0 Å². The van der Waals surface area contributed by atoms with Gasteiger partial charge in [0, 0.05) is 42.3 Å². The predicted octanol–water partition coefficient (Wildman–Crippen LogP) is 1.62. The molecule has 6 nitrogen and oxygen atoms in total. The molecule has 0 aliphatic carbocycles. The van der Waals surface area contributed by atoms with E-state index in [1.165, 1.54) is 24.2 Å². The van der Waals surface area contributed by atoms with Gasteiger partial charge in [0.15, 0.2) is 6.23 Å². The molecular formula is C17H24N2O4. The van der Waals surface area contributed by atoms with Gasteiger partial charge in [0.2, 0.25) is 5.91 Å². The Labute approximate surface area is 136 Å². The number of imide groups is 1. The first-order valence-electron chi connectivity index (χ1n) is 7.62. The number of ether oxygens (including phenoxy) is 1. The van der Waals surface area contributed by atoms with Gasteiger partial charge in [-0.15, -0.1) is 0 Å². The minimum Gasteiger partial charge on any atom is -0.358 e. The molecule has 0 aromatic heterocycles. The van der Waals surface area contributed by atoms with Crippen molar-refractivity contribution >= 4 is 17.7 Å². The van der Waals surface area contributed by atoms with E-state index in [-0.39, 0.29) is 24.1 Å². The van der Waals surface area contributed by atoms with E-state index in [0.29, 0.717) is 5.57 Å². The van der Waals surface area contributed by atoms with Crippen molar-refractivity contribution in [2.24, 2.45) is 0 Å². The highest BCUT2D eigenvalue weighted by atomic mass is 16.5. The fraction of sp³-hybridized carbons (Fsp3) is 0.588. The Morgan fingerprint density at radius 1 is 1.09 bits per heavy atom. The number of hydrogen-bond donors (Lipinski definition) is 0. The SMILES string of the molecule is COC1C=CC(=O)N1C(C)(C)CC1=CC(=O)N(C(C)(C)C)C1=O. The quantitative estimate of drug-likeness (QED) is 0.738. The Kier molecular flexibility index (Phi) is 4.24. The molecule has 0 N–H and O–H groups in total. The lowest BCUT2D eigenvalue weighted by atomic mass is 9.92. The van der Waals surface area contributed by atoms with E-state index >= 15 is 0 Å². The molecule has 0 saturated carbocycles. The van der Waals surface area contributed by atoms with Crippen LogP contribution in [0.4, 0.5) is 0 Å². The van der Waals surface area contributed by atoms with E-state index in [4.69, 9.17) is 4.74 Å². The molecule has 1 atom stereocenters. The van der Waals surface area contributed by atoms with Crippen LogP contribution in [0.3, 0.4) is 0 Å². The zero-order chi connectivity index (χ0) is 17.6. The van der Waals surface area contributed by atoms with Crippen LogP contribution in [0.1, 0.15) is 41.0 Å². The monoisotopic (exact) mass is 320 g/mol. The van der Waals surface area contributed by atoms with E-state index in [2.05, 4.69) is 0 Å². The van der Waals surface area contributed by atoms with Crippen molar-refractivity contribution in [2.45, 2.75) is 58.3 Å². The molecule has 0 bridgehead atoms. The van der Waals surface area contributed by atoms with Crippen LogP contribution in [0.25, 0.3) is 0 Å². The molecule has 2 aliphatic heterocycles. The zero-order valence-electron chi connectivity index (χ0n) is 14.5. The molecule has 2 rings (SSSR count). The number of carbonyl (C=O) groups excluding carboxylic acids is 3. The van der Waals surface area contributed by atoms with Gasteiger partial charge in [0.05, 0.1) is 0 Å². The lowest BCUT2D eigenvalue weighted by molar-refractivity contribution is -0.145. The number of carbonyl (C=O) groups is 3. The summed E-state index contributed by atoms with van der Waals surface area (Å²) < 4.78 is 5.30. The molecule has 3 amide bonds. The van der Waals surface area contributed by atoms with Crippen LogP contribution >= 0.6 is 0 Å². The van der Waals surface area contributed by atoms with Crippen LogP contribution in [0.15, 0.2) is 23.8 Å². The highest BCUT2D eigenvalue weighted by molar-refractivity contribution is 6.16. The van der Waals surface area contributed by atoms with Crippen molar-refractivity contribution in [3.05, 3.63) is 23.8 Å². The molecule has 0 aromatic rings. The molecule has 2 aliphatic rings. The maximum Gasteiger partial charge on any atom is 0.257 e. The van der Waals surface area contributed by atoms with Gasteiger partial charge >= 0.3 is 0 Å². The molecule has 23 heavy (non-hydrogen) atoms. The summed E-state index contributed by atoms with van der Waals surface area (Å²) >= 11 is 0. The highest BCUT2D eigenvalue weighted by Gasteiger charge is 2.44. The van der Waals surface area contributed by atoms with Crippen LogP contribution in [-0.4, -0.2) is 51.9 Å². The lowest BCUT2D eigenvalue weighted by Crippen LogP contribution is -2.51. The third kappa shape index (κ3) is 3.08. The molecule has 126 valence electrons. The first-order valence-corrected chi connectivity index (χ1v) is 7.62. The van der Waals surface area contributed by atoms with E-state index in [1.54, 1.807) is 11.0 Å². The van der Waals surface area contributed by atoms with Crippen molar-refractivity contribution in [3.63, 3.8) is 0 Å². The average molecular weight is 320 g/mol. The topological polar surface area (TPSA) is 66.9 Å². The van der Waals surface area contributed by atoms with Crippen molar-refractivity contribution in [3.8, 4) is 0 Å². The van der Waals surface area contributed by atoms with Crippen molar-refractivity contribution < 1.29 is 19.1 Å². The Bertz CT molecular complexity index is 611. The van der Waals surface area contributed by atoms with Gasteiger partial charge in [0.1, 0.15) is 0 Å². The Hall–Kier alpha value is -1.95. The van der Waals surface area contributed by atoms with Gasteiger partial charge in [-0.05, 0) is 40.7 Å². The maximum atomic E-state index is 12.6. The molecule has 0 fully saturated rings. The molecule has 2 heterocycles. The first kappa shape index (κ1) is 17.4. The largest absolute Gasteiger partial charge is 0.358 e. The van der Waals surface area contributed by atoms with Crippen molar-refractivity contribution in [1.82, 2.24) is 9.80 Å². The van der Waals surface area contributed by atoms with Gasteiger partial charge in [-0.2, -0.15) is 0 Å². The number of nitrogens with zero attached hydrogens (tertiary/aromatic N) is 2. The standard InChI is InChI=1S/C17H24N2O4/c1-16(2,3)19-13(21)9-11(15(19)22)10-17(4,5)18-12(20)7-8-14(18)23-6/h7-9,14H,10H2,1-6H3. The van der Waals surface area contributed by atoms with E-state index < -0.39 is 17.3 Å². The summed E-state index contributed by atoms with van der Waals surface area (Å²) in [5.74, 6) is -0.751. The fourth-order valence-corrected chi connectivity index (χ4v) is 3.12. The van der Waals surface area contributed by atoms with Crippen LogP contribution in [-0.2, 0) is 19.1 Å². The second kappa shape index (κ2) is 5.60. The fourth-order valence-electron chi connectivity index (χ4n) is 3.12. The summed E-state index contributed by atoms with van der Waals surface area (Å²) in [5, 5.41) is 0. The average Bonchev–Trinajstić information content (AvgIpc) is 2.89. The highest BCUT2D eigenvalue weighted by Crippen LogP contribution is 2.33. The lowest BCUT2D eigenvalue weighted by Gasteiger charge is -2.39. The Balaban J connectivity index is 2.22. The second-order valence-corrected chi connectivity index (χ2v) is 7.50. The van der Waals surface area contributed by atoms with E-state index in [0.717, 1.165) is 0 Å². The third-order valence-electron chi connectivity index (χ3n) is 4.08. The normalized spacial score (nSPS) is 22.4. The Morgan fingerprint density at radius 2 is 1.70 bits per heavy atom. The Morgan fingerprint density at radius 3 is 2.17 bits per heavy atom. The van der Waals surface area contributed by atoms with Gasteiger partial charge < -0.3 is 9.64 Å². The van der Waals surface area contributed by atoms with Gasteiger partial charge in [-0.25, -0.2) is 0 Å². The van der Waals surface area contributed by atoms with E-state index in [1.807, 2.05) is 34.6 Å². The molecule has 1 unspecified atom stereocenters. The summed E-state index contributed by atoms with van der Waals surface area (Å²) in [5.41, 5.74) is -0.808. The smallest absolute Gasteiger partial charge is 0.257 e. The zero-order valence-corrected chi connectivity index (χ0v) is 14.5. The molecule has 0 radical (unpaired) electrons. The summed E-state index contributed by atoms with van der Waals surface area (Å²) in [6.07, 6.45) is 4.36. The minimum absolute atomic E-state index is 0.160. The molecule has 0 aromatic carbocycles. The van der Waals surface area contributed by atoms with Crippen LogP contribution in [0.5, 0.6) is 0 Å². The number of rotatable bonds is 4. The third-order valence-corrected chi connectivity index (χ3v) is 4.08. The number of hydrogen-bond acceptors (Lipinski definition) is 4. The molecule has 0 spiro atoms. The molecular weight excluding hydrogens is 296 g/mol. The minimum atomic E-state index is -0.656. The van der Waals surface area contributed by atoms with Gasteiger partial charge in [-0.1, -0.05) is 0 Å². The number of amides is 3. The summed E-state index contributed by atoms with van der Waals surface area (Å²) in [7, 11) is 1.53. The summed E-state index contributed by atoms with van der Waals surface area (Å²) in [6.45, 7) is 9.18. The summed E-state index contributed by atoms with van der Waals surface area (Å²) in [6, 6.07) is 0. The van der Waals surface area contributed by atoms with Gasteiger partial charge in [0.25, 0.3) is 11.8 Å². The first-order chi connectivity index (χ1) is 10.5. The van der Waals surface area contributed by atoms with Crippen molar-refractivity contribution in [2.75, 3.05) is 7.11 Å². The van der Waals surface area contributed by atoms with Gasteiger partial charge in [-0.3, -0.25) is 19.3 Å². The maximum absolute atomic E-state index is 12.6. The van der Waals surface area contributed by atoms with Crippen LogP contribution in [0, 0.1) is 0 Å². The number of methoxy groups -OCH3 is 1. The predicted molar refractivity (Wildman–Crippen MR) is 85.2 cm³/mol. The second-order valence-electron chi connectivity index (χ2n) is 7.50. The van der Waals surface area contributed by atoms with E-state index in [9.17, 15) is 14.4 Å². The van der Waals surface area contributed by atoms with Crippen molar-refractivity contribution in [1.29, 1.82) is 0 Å². The molecule has 6 heteroatoms.